The van der Waals surface area contributed by atoms with Gasteiger partial charge in [-0.15, -0.1) is 0 Å². The number of hydrogen-bond donors (Lipinski definition) is 1. The second-order valence-electron chi connectivity index (χ2n) is 3.45. The predicted molar refractivity (Wildman–Crippen MR) is 55.7 cm³/mol. The van der Waals surface area contributed by atoms with Crippen LogP contribution in [0.1, 0.15) is 17.3 Å². The number of alkyl halides is 3. The van der Waals surface area contributed by atoms with Gasteiger partial charge in [-0.1, -0.05) is 12.1 Å². The SMILES string of the molecule is CCN(CC(F)(F)F)C(=O)c1ccccc1O. The first-order valence-electron chi connectivity index (χ1n) is 4.99. The van der Waals surface area contributed by atoms with E-state index in [1.807, 2.05) is 0 Å². The van der Waals surface area contributed by atoms with Crippen LogP contribution < -0.4 is 0 Å². The van der Waals surface area contributed by atoms with Crippen molar-refractivity contribution in [1.29, 1.82) is 0 Å². The number of benzene rings is 1. The fraction of sp³-hybridized carbons (Fsp3) is 0.364. The van der Waals surface area contributed by atoms with Gasteiger partial charge < -0.3 is 10.0 Å². The van der Waals surface area contributed by atoms with Crippen LogP contribution in [0.15, 0.2) is 24.3 Å². The fourth-order valence-electron chi connectivity index (χ4n) is 1.37. The highest BCUT2D eigenvalue weighted by atomic mass is 19.4. The number of carbonyl (C=O) groups is 1. The summed E-state index contributed by atoms with van der Waals surface area (Å²) in [7, 11) is 0. The number of halogens is 3. The van der Waals surface area contributed by atoms with E-state index in [0.717, 1.165) is 0 Å². The van der Waals surface area contributed by atoms with Crippen molar-refractivity contribution >= 4 is 5.91 Å². The molecule has 0 unspecified atom stereocenters. The van der Waals surface area contributed by atoms with Crippen LogP contribution in [0, 0.1) is 0 Å². The Labute approximate surface area is 96.5 Å². The van der Waals surface area contributed by atoms with Gasteiger partial charge in [0.25, 0.3) is 5.91 Å². The van der Waals surface area contributed by atoms with Crippen LogP contribution in [-0.2, 0) is 0 Å². The lowest BCUT2D eigenvalue weighted by atomic mass is 10.1. The largest absolute Gasteiger partial charge is 0.507 e. The molecule has 0 atom stereocenters. The minimum Gasteiger partial charge on any atom is -0.507 e. The highest BCUT2D eigenvalue weighted by molar-refractivity contribution is 5.96. The van der Waals surface area contributed by atoms with Gasteiger partial charge in [-0.3, -0.25) is 4.79 Å². The molecule has 0 aliphatic rings. The second kappa shape index (κ2) is 5.07. The molecular weight excluding hydrogens is 235 g/mol. The zero-order chi connectivity index (χ0) is 13.1. The predicted octanol–water partition coefficient (Wildman–Crippen LogP) is 2.42. The number of rotatable bonds is 3. The third-order valence-corrected chi connectivity index (χ3v) is 2.17. The Hall–Kier alpha value is -1.72. The Kier molecular flexibility index (Phi) is 3.98. The molecule has 0 fully saturated rings. The number of aromatic hydroxyl groups is 1. The Bertz CT molecular complexity index is 404. The lowest BCUT2D eigenvalue weighted by molar-refractivity contribution is -0.140. The topological polar surface area (TPSA) is 40.5 Å². The molecule has 0 bridgehead atoms. The molecule has 1 N–H and O–H groups in total. The molecule has 1 aromatic carbocycles. The molecule has 0 aliphatic carbocycles. The van der Waals surface area contributed by atoms with Gasteiger partial charge in [-0.05, 0) is 19.1 Å². The highest BCUT2D eigenvalue weighted by Crippen LogP contribution is 2.21. The summed E-state index contributed by atoms with van der Waals surface area (Å²) in [6.07, 6.45) is -4.45. The molecule has 0 saturated carbocycles. The molecule has 0 radical (unpaired) electrons. The van der Waals surface area contributed by atoms with Gasteiger partial charge in [0.1, 0.15) is 12.3 Å². The molecule has 0 saturated heterocycles. The number of phenols is 1. The maximum Gasteiger partial charge on any atom is 0.406 e. The minimum atomic E-state index is -4.45. The molecule has 17 heavy (non-hydrogen) atoms. The van der Waals surface area contributed by atoms with E-state index >= 15 is 0 Å². The Morgan fingerprint density at radius 3 is 2.41 bits per heavy atom. The first-order valence-corrected chi connectivity index (χ1v) is 4.99. The molecule has 0 aliphatic heterocycles. The van der Waals surface area contributed by atoms with E-state index in [-0.39, 0.29) is 17.9 Å². The number of nitrogens with zero attached hydrogens (tertiary/aromatic N) is 1. The number of phenolic OH excluding ortho intramolecular Hbond substituents is 1. The zero-order valence-corrected chi connectivity index (χ0v) is 9.16. The first kappa shape index (κ1) is 13.3. The number of carbonyl (C=O) groups excluding carboxylic acids is 1. The summed E-state index contributed by atoms with van der Waals surface area (Å²) in [4.78, 5) is 12.4. The average Bonchev–Trinajstić information content (AvgIpc) is 2.24. The van der Waals surface area contributed by atoms with E-state index in [2.05, 4.69) is 0 Å². The number of hydrogen-bond acceptors (Lipinski definition) is 2. The van der Waals surface area contributed by atoms with Gasteiger partial charge in [0, 0.05) is 6.54 Å². The Morgan fingerprint density at radius 2 is 1.94 bits per heavy atom. The van der Waals surface area contributed by atoms with E-state index in [1.165, 1.54) is 31.2 Å². The molecule has 6 heteroatoms. The van der Waals surface area contributed by atoms with Crippen LogP contribution in [0.4, 0.5) is 13.2 Å². The summed E-state index contributed by atoms with van der Waals surface area (Å²) in [6, 6.07) is 5.52. The maximum atomic E-state index is 12.2. The van der Waals surface area contributed by atoms with Crippen molar-refractivity contribution in [3.05, 3.63) is 29.8 Å². The standard InChI is InChI=1S/C11H12F3NO2/c1-2-15(7-11(12,13)14)10(17)8-5-3-4-6-9(8)16/h3-6,16H,2,7H2,1H3. The third-order valence-electron chi connectivity index (χ3n) is 2.17. The summed E-state index contributed by atoms with van der Waals surface area (Å²) in [5.41, 5.74) is -0.126. The van der Waals surface area contributed by atoms with Crippen LogP contribution in [0.3, 0.4) is 0 Å². The third kappa shape index (κ3) is 3.65. The number of amides is 1. The average molecular weight is 247 g/mol. The van der Waals surface area contributed by atoms with Gasteiger partial charge in [0.15, 0.2) is 0 Å². The van der Waals surface area contributed by atoms with Crippen molar-refractivity contribution in [3.63, 3.8) is 0 Å². The summed E-state index contributed by atoms with van der Waals surface area (Å²) in [6.45, 7) is 0.0486. The van der Waals surface area contributed by atoms with Gasteiger partial charge in [-0.2, -0.15) is 13.2 Å². The quantitative estimate of drug-likeness (QED) is 0.891. The van der Waals surface area contributed by atoms with E-state index < -0.39 is 18.6 Å². The lowest BCUT2D eigenvalue weighted by Gasteiger charge is -2.22. The van der Waals surface area contributed by atoms with E-state index in [9.17, 15) is 23.1 Å². The lowest BCUT2D eigenvalue weighted by Crippen LogP contribution is -2.38. The summed E-state index contributed by atoms with van der Waals surface area (Å²) >= 11 is 0. The Balaban J connectivity index is 2.91. The summed E-state index contributed by atoms with van der Waals surface area (Å²) in [5, 5.41) is 9.39. The van der Waals surface area contributed by atoms with Gasteiger partial charge >= 0.3 is 6.18 Å². The highest BCUT2D eigenvalue weighted by Gasteiger charge is 2.33. The van der Waals surface area contributed by atoms with Gasteiger partial charge in [0.2, 0.25) is 0 Å². The van der Waals surface area contributed by atoms with Gasteiger partial charge in [0.05, 0.1) is 5.56 Å². The van der Waals surface area contributed by atoms with Crippen LogP contribution in [0.25, 0.3) is 0 Å². The zero-order valence-electron chi connectivity index (χ0n) is 9.16. The molecule has 0 spiro atoms. The normalized spacial score (nSPS) is 11.3. The van der Waals surface area contributed by atoms with E-state index in [1.54, 1.807) is 0 Å². The van der Waals surface area contributed by atoms with Crippen molar-refractivity contribution < 1.29 is 23.1 Å². The van der Waals surface area contributed by atoms with Crippen molar-refractivity contribution in [3.8, 4) is 5.75 Å². The maximum absolute atomic E-state index is 12.2. The molecule has 1 aromatic rings. The van der Waals surface area contributed by atoms with Crippen LogP contribution in [0.5, 0.6) is 5.75 Å². The molecule has 0 aromatic heterocycles. The number of para-hydroxylation sites is 1. The van der Waals surface area contributed by atoms with E-state index in [4.69, 9.17) is 0 Å². The molecule has 3 nitrogen and oxygen atoms in total. The monoisotopic (exact) mass is 247 g/mol. The fourth-order valence-corrected chi connectivity index (χ4v) is 1.37. The molecular formula is C11H12F3NO2. The van der Waals surface area contributed by atoms with Crippen molar-refractivity contribution in [1.82, 2.24) is 4.90 Å². The first-order chi connectivity index (χ1) is 7.85. The van der Waals surface area contributed by atoms with Crippen molar-refractivity contribution in [2.24, 2.45) is 0 Å². The van der Waals surface area contributed by atoms with Crippen LogP contribution >= 0.6 is 0 Å². The van der Waals surface area contributed by atoms with Crippen LogP contribution in [-0.4, -0.2) is 35.2 Å². The van der Waals surface area contributed by atoms with Crippen molar-refractivity contribution in [2.45, 2.75) is 13.1 Å². The molecule has 1 rings (SSSR count). The van der Waals surface area contributed by atoms with Crippen molar-refractivity contribution in [2.75, 3.05) is 13.1 Å². The molecule has 1 amide bonds. The van der Waals surface area contributed by atoms with E-state index in [0.29, 0.717) is 4.90 Å². The van der Waals surface area contributed by atoms with Crippen LogP contribution in [0.2, 0.25) is 0 Å². The second-order valence-corrected chi connectivity index (χ2v) is 3.45. The smallest absolute Gasteiger partial charge is 0.406 e. The minimum absolute atomic E-state index is 0.0767. The summed E-state index contributed by atoms with van der Waals surface area (Å²) in [5.74, 6) is -1.15. The summed E-state index contributed by atoms with van der Waals surface area (Å²) < 4.78 is 36.6. The van der Waals surface area contributed by atoms with Gasteiger partial charge in [-0.25, -0.2) is 0 Å². The molecule has 0 heterocycles. The Morgan fingerprint density at radius 1 is 1.35 bits per heavy atom. The molecule has 94 valence electrons.